The van der Waals surface area contributed by atoms with E-state index in [1.54, 1.807) is 49.6 Å². The van der Waals surface area contributed by atoms with Gasteiger partial charge in [-0.3, -0.25) is 15.1 Å². The number of aliphatic imine (C=N–C) groups is 1. The fourth-order valence-corrected chi connectivity index (χ4v) is 3.72. The van der Waals surface area contributed by atoms with Crippen LogP contribution in [0.25, 0.3) is 10.9 Å². The fourth-order valence-electron chi connectivity index (χ4n) is 3.42. The molecule has 3 aromatic carbocycles. The number of guanidine groups is 1. The van der Waals surface area contributed by atoms with Gasteiger partial charge in [-0.05, 0) is 60.5 Å². The standard InChI is InChI=1S/C25H22Cl2N4O2/c1-33-23-11-10-19(27)14-22(23)30-25(31-24(32)16-6-8-18(26)9-7-16)28-13-12-17-15-29-21-5-3-2-4-20(17)21/h2-11,14-15,29H,12-13H2,1H3,(H2,28,30,31,32). The van der Waals surface area contributed by atoms with Gasteiger partial charge in [-0.1, -0.05) is 41.4 Å². The van der Waals surface area contributed by atoms with Crippen molar-refractivity contribution in [3.63, 3.8) is 0 Å². The van der Waals surface area contributed by atoms with Gasteiger partial charge in [0, 0.05) is 39.3 Å². The Morgan fingerprint density at radius 2 is 1.79 bits per heavy atom. The maximum absolute atomic E-state index is 12.8. The Balaban J connectivity index is 1.56. The van der Waals surface area contributed by atoms with Crippen molar-refractivity contribution >= 4 is 51.7 Å². The Labute approximate surface area is 201 Å². The molecule has 1 amide bonds. The molecule has 0 aliphatic rings. The second-order valence-corrected chi connectivity index (χ2v) is 8.14. The summed E-state index contributed by atoms with van der Waals surface area (Å²) in [4.78, 5) is 20.7. The molecule has 0 atom stereocenters. The number of amides is 1. The minimum atomic E-state index is -0.314. The van der Waals surface area contributed by atoms with E-state index in [1.165, 1.54) is 0 Å². The van der Waals surface area contributed by atoms with Gasteiger partial charge in [-0.25, -0.2) is 0 Å². The molecule has 8 heteroatoms. The molecule has 3 N–H and O–H groups in total. The van der Waals surface area contributed by atoms with Crippen LogP contribution in [0.1, 0.15) is 15.9 Å². The number of H-pyrrole nitrogens is 1. The zero-order valence-electron chi connectivity index (χ0n) is 17.9. The van der Waals surface area contributed by atoms with E-state index in [2.05, 4.69) is 26.7 Å². The predicted octanol–water partition coefficient (Wildman–Crippen LogP) is 5.92. The molecule has 0 aliphatic carbocycles. The molecule has 1 aromatic heterocycles. The Morgan fingerprint density at radius 3 is 2.58 bits per heavy atom. The van der Waals surface area contributed by atoms with E-state index in [0.29, 0.717) is 40.0 Å². The van der Waals surface area contributed by atoms with E-state index in [-0.39, 0.29) is 11.9 Å². The highest BCUT2D eigenvalue weighted by Crippen LogP contribution is 2.27. The van der Waals surface area contributed by atoms with Gasteiger partial charge in [-0.15, -0.1) is 0 Å². The SMILES string of the molecule is COc1ccc(Cl)cc1NC(=NCCc1c[nH]c2ccccc12)NC(=O)c1ccc(Cl)cc1. The van der Waals surface area contributed by atoms with E-state index in [0.717, 1.165) is 16.5 Å². The number of rotatable bonds is 6. The summed E-state index contributed by atoms with van der Waals surface area (Å²) in [6, 6.07) is 19.9. The highest BCUT2D eigenvalue weighted by molar-refractivity contribution is 6.31. The molecule has 6 nitrogen and oxygen atoms in total. The van der Waals surface area contributed by atoms with Crippen molar-refractivity contribution in [3.8, 4) is 5.75 Å². The first-order valence-corrected chi connectivity index (χ1v) is 11.1. The molecule has 168 valence electrons. The van der Waals surface area contributed by atoms with E-state index in [1.807, 2.05) is 24.4 Å². The molecule has 4 aromatic rings. The van der Waals surface area contributed by atoms with Gasteiger partial charge in [0.15, 0.2) is 0 Å². The van der Waals surface area contributed by atoms with Crippen LogP contribution in [0.2, 0.25) is 10.0 Å². The van der Waals surface area contributed by atoms with E-state index in [9.17, 15) is 4.79 Å². The summed E-state index contributed by atoms with van der Waals surface area (Å²) in [5, 5.41) is 8.22. The number of halogens is 2. The number of aromatic amines is 1. The number of nitrogens with one attached hydrogen (secondary N) is 3. The average molecular weight is 481 g/mol. The topological polar surface area (TPSA) is 78.5 Å². The van der Waals surface area contributed by atoms with Crippen molar-refractivity contribution in [1.82, 2.24) is 10.3 Å². The minimum Gasteiger partial charge on any atom is -0.495 e. The lowest BCUT2D eigenvalue weighted by Gasteiger charge is -2.15. The number of ether oxygens (including phenoxy) is 1. The third kappa shape index (κ3) is 5.66. The van der Waals surface area contributed by atoms with Crippen LogP contribution in [-0.2, 0) is 6.42 Å². The third-order valence-electron chi connectivity index (χ3n) is 5.08. The molecular formula is C25H22Cl2N4O2. The van der Waals surface area contributed by atoms with Crippen molar-refractivity contribution in [2.24, 2.45) is 4.99 Å². The molecule has 4 rings (SSSR count). The summed E-state index contributed by atoms with van der Waals surface area (Å²) in [7, 11) is 1.56. The number of nitrogens with zero attached hydrogens (tertiary/aromatic N) is 1. The minimum absolute atomic E-state index is 0.287. The number of anilines is 1. The first-order valence-electron chi connectivity index (χ1n) is 10.3. The van der Waals surface area contributed by atoms with Gasteiger partial charge >= 0.3 is 0 Å². The van der Waals surface area contributed by atoms with Gasteiger partial charge in [0.05, 0.1) is 12.8 Å². The number of hydrogen-bond acceptors (Lipinski definition) is 3. The first-order chi connectivity index (χ1) is 16.0. The molecule has 0 saturated carbocycles. The lowest BCUT2D eigenvalue weighted by Crippen LogP contribution is -2.36. The molecule has 1 heterocycles. The van der Waals surface area contributed by atoms with E-state index in [4.69, 9.17) is 27.9 Å². The third-order valence-corrected chi connectivity index (χ3v) is 5.57. The van der Waals surface area contributed by atoms with Crippen LogP contribution in [0.4, 0.5) is 5.69 Å². The van der Waals surface area contributed by atoms with Crippen molar-refractivity contribution in [2.75, 3.05) is 19.0 Å². The Kier molecular flexibility index (Phi) is 7.17. The summed E-state index contributed by atoms with van der Waals surface area (Å²) >= 11 is 12.1. The number of methoxy groups -OCH3 is 1. The van der Waals surface area contributed by atoms with Crippen LogP contribution in [0.15, 0.2) is 77.9 Å². The molecular weight excluding hydrogens is 459 g/mol. The number of carbonyl (C=O) groups excluding carboxylic acids is 1. The largest absolute Gasteiger partial charge is 0.495 e. The van der Waals surface area contributed by atoms with Gasteiger partial charge in [0.2, 0.25) is 5.96 Å². The second kappa shape index (κ2) is 10.4. The van der Waals surface area contributed by atoms with Crippen LogP contribution in [0, 0.1) is 0 Å². The Bertz CT molecular complexity index is 1300. The maximum atomic E-state index is 12.8. The summed E-state index contributed by atoms with van der Waals surface area (Å²) in [5.41, 5.74) is 3.28. The number of benzene rings is 3. The Morgan fingerprint density at radius 1 is 1.03 bits per heavy atom. The number of para-hydroxylation sites is 1. The van der Waals surface area contributed by atoms with Gasteiger partial charge in [-0.2, -0.15) is 0 Å². The molecule has 0 fully saturated rings. The molecule has 0 spiro atoms. The van der Waals surface area contributed by atoms with Crippen molar-refractivity contribution in [1.29, 1.82) is 0 Å². The molecule has 0 radical (unpaired) electrons. The smallest absolute Gasteiger partial charge is 0.257 e. The van der Waals surface area contributed by atoms with Gasteiger partial charge in [0.25, 0.3) is 5.91 Å². The normalized spacial score (nSPS) is 11.4. The van der Waals surface area contributed by atoms with Crippen molar-refractivity contribution in [2.45, 2.75) is 6.42 Å². The van der Waals surface area contributed by atoms with E-state index >= 15 is 0 Å². The summed E-state index contributed by atoms with van der Waals surface area (Å²) in [6.45, 7) is 0.452. The molecule has 0 bridgehead atoms. The summed E-state index contributed by atoms with van der Waals surface area (Å²) in [6.07, 6.45) is 2.68. The quantitative estimate of drug-likeness (QED) is 0.236. The highest BCUT2D eigenvalue weighted by Gasteiger charge is 2.12. The monoisotopic (exact) mass is 480 g/mol. The van der Waals surface area contributed by atoms with Crippen LogP contribution in [0.5, 0.6) is 5.75 Å². The number of carbonyl (C=O) groups is 1. The van der Waals surface area contributed by atoms with Crippen LogP contribution < -0.4 is 15.4 Å². The van der Waals surface area contributed by atoms with Gasteiger partial charge < -0.3 is 15.0 Å². The lowest BCUT2D eigenvalue weighted by molar-refractivity contribution is 0.0977. The van der Waals surface area contributed by atoms with Crippen molar-refractivity contribution in [3.05, 3.63) is 94.1 Å². The average Bonchev–Trinajstić information content (AvgIpc) is 3.23. The van der Waals surface area contributed by atoms with Crippen LogP contribution >= 0.6 is 23.2 Å². The van der Waals surface area contributed by atoms with E-state index < -0.39 is 0 Å². The Hall–Kier alpha value is -3.48. The van der Waals surface area contributed by atoms with Gasteiger partial charge in [0.1, 0.15) is 5.75 Å². The molecule has 0 unspecified atom stereocenters. The number of aromatic nitrogens is 1. The fraction of sp³-hybridized carbons (Fsp3) is 0.120. The van der Waals surface area contributed by atoms with Crippen molar-refractivity contribution < 1.29 is 9.53 Å². The predicted molar refractivity (Wildman–Crippen MR) is 135 cm³/mol. The molecule has 33 heavy (non-hydrogen) atoms. The summed E-state index contributed by atoms with van der Waals surface area (Å²) in [5.74, 6) is 0.547. The zero-order valence-corrected chi connectivity index (χ0v) is 19.4. The second-order valence-electron chi connectivity index (χ2n) is 7.27. The number of hydrogen-bond donors (Lipinski definition) is 3. The highest BCUT2D eigenvalue weighted by atomic mass is 35.5. The first kappa shape index (κ1) is 22.7. The maximum Gasteiger partial charge on any atom is 0.257 e. The lowest BCUT2D eigenvalue weighted by atomic mass is 10.1. The number of fused-ring (bicyclic) bond motifs is 1. The van der Waals surface area contributed by atoms with Crippen LogP contribution in [-0.4, -0.2) is 30.5 Å². The molecule has 0 aliphatic heterocycles. The summed E-state index contributed by atoms with van der Waals surface area (Å²) < 4.78 is 5.41. The molecule has 0 saturated heterocycles. The zero-order chi connectivity index (χ0) is 23.2. The van der Waals surface area contributed by atoms with Crippen LogP contribution in [0.3, 0.4) is 0 Å².